The molecule has 0 nitrogen and oxygen atoms in total. The van der Waals surface area contributed by atoms with E-state index in [0.717, 1.165) is 35.5 Å². The van der Waals surface area contributed by atoms with E-state index in [0.29, 0.717) is 11.3 Å². The molecule has 0 heterocycles. The Labute approximate surface area is 219 Å². The van der Waals surface area contributed by atoms with Crippen molar-refractivity contribution >= 4 is 0 Å². The highest BCUT2D eigenvalue weighted by Crippen LogP contribution is 2.57. The minimum absolute atomic E-state index is 0. The lowest BCUT2D eigenvalue weighted by atomic mass is 9.52. The van der Waals surface area contributed by atoms with Crippen molar-refractivity contribution in [1.29, 1.82) is 0 Å². The smallest absolute Gasteiger partial charge is 0.0253 e. The Kier molecular flexibility index (Phi) is 18.5. The van der Waals surface area contributed by atoms with Gasteiger partial charge in [-0.05, 0) is 86.4 Å². The van der Waals surface area contributed by atoms with Gasteiger partial charge >= 0.3 is 0 Å². The van der Waals surface area contributed by atoms with Gasteiger partial charge in [0.2, 0.25) is 0 Å². The summed E-state index contributed by atoms with van der Waals surface area (Å²) in [4.78, 5) is 0. The highest BCUT2D eigenvalue weighted by atomic mass is 14.5. The first kappa shape index (κ1) is 33.6. The normalized spacial score (nSPS) is 31.0. The van der Waals surface area contributed by atoms with Crippen LogP contribution in [0.2, 0.25) is 0 Å². The van der Waals surface area contributed by atoms with Gasteiger partial charge in [-0.2, -0.15) is 0 Å². The lowest BCUT2D eigenvalue weighted by Crippen LogP contribution is -2.43. The van der Waals surface area contributed by atoms with E-state index in [1.165, 1.54) is 83.5 Å². The molecule has 0 aromatic heterocycles. The molecular weight excluding hydrogens is 408 g/mol. The second kappa shape index (κ2) is 18.8. The quantitative estimate of drug-likeness (QED) is 0.275. The molecule has 2 rings (SSSR count). The third-order valence-corrected chi connectivity index (χ3v) is 9.67. The van der Waals surface area contributed by atoms with Crippen LogP contribution in [0, 0.1) is 58.7 Å². The predicted octanol–water partition coefficient (Wildman–Crippen LogP) is 11.8. The first-order valence-electron chi connectivity index (χ1n) is 15.8. The van der Waals surface area contributed by atoms with Crippen molar-refractivity contribution in [3.05, 3.63) is 0 Å². The summed E-state index contributed by atoms with van der Waals surface area (Å²) in [5, 5.41) is 0. The zero-order valence-corrected chi connectivity index (χ0v) is 25.7. The van der Waals surface area contributed by atoms with Crippen LogP contribution in [-0.2, 0) is 0 Å². The first-order valence-corrected chi connectivity index (χ1v) is 15.8. The molecule has 0 heteroatoms. The van der Waals surface area contributed by atoms with Gasteiger partial charge in [-0.25, -0.2) is 0 Å². The summed E-state index contributed by atoms with van der Waals surface area (Å²) in [5.74, 6) is 12.8. The zero-order valence-electron chi connectivity index (χ0n) is 25.7. The summed E-state index contributed by atoms with van der Waals surface area (Å²) in [6.45, 7) is 24.8. The standard InChI is InChI=1S/C30H54.2C2H6.H2/c1-8-13-24(5)29(15-10-3)25(6)16-11-17-28-22-30(21-19-23(28)4)20-12-18-27(14-9-2)26(30)7;2*1-2;/h23-29H,8-9,11-14,16-22H2,1-7H3;2*1-2H3;1H. The molecule has 0 aromatic rings. The van der Waals surface area contributed by atoms with Gasteiger partial charge in [-0.3, -0.25) is 0 Å². The first-order chi connectivity index (χ1) is 16.4. The molecule has 0 saturated heterocycles. The van der Waals surface area contributed by atoms with Crippen LogP contribution in [0.5, 0.6) is 0 Å². The van der Waals surface area contributed by atoms with Crippen LogP contribution < -0.4 is 0 Å². The van der Waals surface area contributed by atoms with Gasteiger partial charge in [0.1, 0.15) is 0 Å². The van der Waals surface area contributed by atoms with E-state index in [9.17, 15) is 0 Å². The second-order valence-corrected chi connectivity index (χ2v) is 11.7. The molecule has 2 aliphatic carbocycles. The summed E-state index contributed by atoms with van der Waals surface area (Å²) in [6, 6.07) is 0. The van der Waals surface area contributed by atoms with Crippen molar-refractivity contribution in [3.63, 3.8) is 0 Å². The molecule has 34 heavy (non-hydrogen) atoms. The van der Waals surface area contributed by atoms with E-state index in [1.807, 2.05) is 34.6 Å². The van der Waals surface area contributed by atoms with Crippen LogP contribution in [0.1, 0.15) is 161 Å². The molecule has 8 unspecified atom stereocenters. The molecule has 2 fully saturated rings. The maximum absolute atomic E-state index is 3.58. The van der Waals surface area contributed by atoms with E-state index in [-0.39, 0.29) is 1.43 Å². The molecule has 0 aliphatic heterocycles. The van der Waals surface area contributed by atoms with Crippen LogP contribution in [0.25, 0.3) is 0 Å². The Hall–Kier alpha value is -0.440. The third-order valence-electron chi connectivity index (χ3n) is 9.67. The number of hydrogen-bond acceptors (Lipinski definition) is 0. The largest absolute Gasteiger partial charge is 0.106 e. The zero-order chi connectivity index (χ0) is 26.1. The van der Waals surface area contributed by atoms with Gasteiger partial charge in [0.15, 0.2) is 0 Å². The van der Waals surface area contributed by atoms with Crippen LogP contribution in [0.3, 0.4) is 0 Å². The van der Waals surface area contributed by atoms with Crippen molar-refractivity contribution in [2.75, 3.05) is 0 Å². The Morgan fingerprint density at radius 3 is 2.09 bits per heavy atom. The lowest BCUT2D eigenvalue weighted by Gasteiger charge is -2.53. The minimum Gasteiger partial charge on any atom is -0.106 e. The molecule has 2 aliphatic rings. The lowest BCUT2D eigenvalue weighted by molar-refractivity contribution is -0.0253. The van der Waals surface area contributed by atoms with Crippen LogP contribution >= 0.6 is 0 Å². The van der Waals surface area contributed by atoms with Gasteiger partial charge in [-0.15, -0.1) is 5.92 Å². The monoisotopic (exact) mass is 477 g/mol. The summed E-state index contributed by atoms with van der Waals surface area (Å²) in [5.41, 5.74) is 0.687. The molecule has 0 amide bonds. The van der Waals surface area contributed by atoms with E-state index < -0.39 is 0 Å². The molecular formula is C34H68. The average Bonchev–Trinajstić information content (AvgIpc) is 2.85. The van der Waals surface area contributed by atoms with E-state index >= 15 is 0 Å². The van der Waals surface area contributed by atoms with Crippen LogP contribution in [0.4, 0.5) is 0 Å². The van der Waals surface area contributed by atoms with Crippen molar-refractivity contribution in [1.82, 2.24) is 0 Å². The van der Waals surface area contributed by atoms with E-state index in [4.69, 9.17) is 0 Å². The summed E-state index contributed by atoms with van der Waals surface area (Å²) in [6.07, 6.45) is 18.8. The van der Waals surface area contributed by atoms with E-state index in [1.54, 1.807) is 0 Å². The fourth-order valence-corrected chi connectivity index (χ4v) is 7.59. The maximum Gasteiger partial charge on any atom is 0.0253 e. The minimum atomic E-state index is 0. The number of rotatable bonds is 10. The molecule has 0 bridgehead atoms. The molecule has 0 N–H and O–H groups in total. The van der Waals surface area contributed by atoms with Crippen molar-refractivity contribution in [2.45, 2.75) is 160 Å². The molecule has 1 spiro atoms. The molecule has 2 saturated carbocycles. The molecule has 0 aromatic carbocycles. The van der Waals surface area contributed by atoms with Crippen molar-refractivity contribution < 1.29 is 1.43 Å². The topological polar surface area (TPSA) is 0 Å². The fraction of sp³-hybridized carbons (Fsp3) is 0.941. The number of hydrogen-bond donors (Lipinski definition) is 0. The van der Waals surface area contributed by atoms with Gasteiger partial charge in [-0.1, -0.05) is 120 Å². The SMILES string of the molecule is CC.CC.CC#CC(C(C)CCC)C(C)CCCC1CC2(CCCC(CCC)C2C)CCC1C.[HH]. The third kappa shape index (κ3) is 9.90. The summed E-state index contributed by atoms with van der Waals surface area (Å²) >= 11 is 0. The highest BCUT2D eigenvalue weighted by Gasteiger charge is 2.46. The van der Waals surface area contributed by atoms with Gasteiger partial charge in [0.05, 0.1) is 0 Å². The van der Waals surface area contributed by atoms with Crippen LogP contribution in [0.15, 0.2) is 0 Å². The van der Waals surface area contributed by atoms with Gasteiger partial charge < -0.3 is 0 Å². The second-order valence-electron chi connectivity index (χ2n) is 11.7. The van der Waals surface area contributed by atoms with Crippen molar-refractivity contribution in [2.24, 2.45) is 46.8 Å². The fourth-order valence-electron chi connectivity index (χ4n) is 7.59. The maximum atomic E-state index is 3.58. The van der Waals surface area contributed by atoms with Crippen molar-refractivity contribution in [3.8, 4) is 11.8 Å². The van der Waals surface area contributed by atoms with Gasteiger partial charge in [0.25, 0.3) is 0 Å². The van der Waals surface area contributed by atoms with Crippen LogP contribution in [-0.4, -0.2) is 0 Å². The Bertz CT molecular complexity index is 541. The Balaban J connectivity index is 0. The molecule has 0 radical (unpaired) electrons. The summed E-state index contributed by atoms with van der Waals surface area (Å²) < 4.78 is 0. The van der Waals surface area contributed by atoms with Gasteiger partial charge in [0, 0.05) is 7.34 Å². The molecule has 204 valence electrons. The summed E-state index contributed by atoms with van der Waals surface area (Å²) in [7, 11) is 0. The molecule has 8 atom stereocenters. The Morgan fingerprint density at radius 2 is 1.50 bits per heavy atom. The highest BCUT2D eigenvalue weighted by molar-refractivity contribution is 5.04. The Morgan fingerprint density at radius 1 is 0.853 bits per heavy atom. The predicted molar refractivity (Wildman–Crippen MR) is 159 cm³/mol. The van der Waals surface area contributed by atoms with E-state index in [2.05, 4.69) is 53.4 Å². The average molecular weight is 477 g/mol.